The molecule has 2 rings (SSSR count). The van der Waals surface area contributed by atoms with E-state index in [1.807, 2.05) is 38.1 Å². The van der Waals surface area contributed by atoms with E-state index in [0.29, 0.717) is 44.8 Å². The lowest BCUT2D eigenvalue weighted by Crippen LogP contribution is -2.34. The quantitative estimate of drug-likeness (QED) is 0.348. The van der Waals surface area contributed by atoms with Gasteiger partial charge in [-0.25, -0.2) is 0 Å². The second-order valence-electron chi connectivity index (χ2n) is 7.24. The predicted molar refractivity (Wildman–Crippen MR) is 104 cm³/mol. The van der Waals surface area contributed by atoms with Gasteiger partial charge in [0, 0.05) is 26.1 Å². The monoisotopic (exact) mass is 396 g/mol. The van der Waals surface area contributed by atoms with Crippen LogP contribution in [0.2, 0.25) is 0 Å². The zero-order valence-electron chi connectivity index (χ0n) is 16.7. The van der Waals surface area contributed by atoms with Crippen molar-refractivity contribution in [2.75, 3.05) is 39.5 Å². The van der Waals surface area contributed by atoms with Crippen molar-refractivity contribution in [2.45, 2.75) is 44.7 Å². The molecule has 0 unspecified atom stereocenters. The molecule has 1 aliphatic heterocycles. The molecular weight excluding hydrogens is 364 g/mol. The summed E-state index contributed by atoms with van der Waals surface area (Å²) in [7, 11) is 0. The summed E-state index contributed by atoms with van der Waals surface area (Å²) in [6.07, 6.45) is 0.0677. The highest BCUT2D eigenvalue weighted by Gasteiger charge is 2.33. The van der Waals surface area contributed by atoms with Gasteiger partial charge in [0.1, 0.15) is 31.2 Å². The number of hydrogen-bond acceptors (Lipinski definition) is 8. The summed E-state index contributed by atoms with van der Waals surface area (Å²) < 4.78 is 21.8. The molecular formula is C20H32N2O6. The van der Waals surface area contributed by atoms with Crippen LogP contribution in [0.5, 0.6) is 5.75 Å². The van der Waals surface area contributed by atoms with Crippen molar-refractivity contribution >= 4 is 5.97 Å². The van der Waals surface area contributed by atoms with Crippen LogP contribution in [0.3, 0.4) is 0 Å². The van der Waals surface area contributed by atoms with E-state index >= 15 is 0 Å². The van der Waals surface area contributed by atoms with Crippen molar-refractivity contribution < 1.29 is 28.8 Å². The maximum absolute atomic E-state index is 11.9. The third-order valence-electron chi connectivity index (χ3n) is 4.18. The van der Waals surface area contributed by atoms with Gasteiger partial charge in [0.2, 0.25) is 0 Å². The summed E-state index contributed by atoms with van der Waals surface area (Å²) in [5.41, 5.74) is 6.39. The maximum atomic E-state index is 11.9. The highest BCUT2D eigenvalue weighted by Crippen LogP contribution is 2.22. The minimum Gasteiger partial charge on any atom is -0.491 e. The van der Waals surface area contributed by atoms with Gasteiger partial charge in [-0.1, -0.05) is 12.1 Å². The molecule has 0 bridgehead atoms. The molecule has 8 nitrogen and oxygen atoms in total. The van der Waals surface area contributed by atoms with Crippen LogP contribution < -0.4 is 15.8 Å². The summed E-state index contributed by atoms with van der Waals surface area (Å²) in [4.78, 5) is 11.9. The Bertz CT molecular complexity index is 593. The number of carbonyl (C=O) groups excluding carboxylic acids is 1. The average Bonchev–Trinajstić information content (AvgIpc) is 3.03. The third-order valence-corrected chi connectivity index (χ3v) is 4.18. The van der Waals surface area contributed by atoms with E-state index < -0.39 is 11.9 Å². The van der Waals surface area contributed by atoms with Gasteiger partial charge in [0.25, 0.3) is 0 Å². The molecule has 0 radical (unpaired) electrons. The maximum Gasteiger partial charge on any atom is 0.306 e. The van der Waals surface area contributed by atoms with Crippen molar-refractivity contribution in [1.82, 2.24) is 5.32 Å². The Morgan fingerprint density at radius 2 is 2.14 bits per heavy atom. The Labute approximate surface area is 166 Å². The Balaban J connectivity index is 1.62. The largest absolute Gasteiger partial charge is 0.491 e. The van der Waals surface area contributed by atoms with Crippen LogP contribution >= 0.6 is 0 Å². The van der Waals surface area contributed by atoms with Crippen LogP contribution in [0.15, 0.2) is 24.3 Å². The molecule has 1 aromatic rings. The number of nitrogens with two attached hydrogens (primary N) is 1. The highest BCUT2D eigenvalue weighted by atomic mass is 16.7. The number of rotatable bonds is 12. The number of nitrogens with one attached hydrogen (secondary N) is 1. The Kier molecular flexibility index (Phi) is 9.14. The molecule has 8 heteroatoms. The van der Waals surface area contributed by atoms with Gasteiger partial charge in [0.05, 0.1) is 6.61 Å². The first-order chi connectivity index (χ1) is 13.4. The van der Waals surface area contributed by atoms with E-state index in [1.165, 1.54) is 0 Å². The third kappa shape index (κ3) is 8.53. The Morgan fingerprint density at radius 3 is 2.79 bits per heavy atom. The van der Waals surface area contributed by atoms with Crippen LogP contribution in [0.25, 0.3) is 0 Å². The van der Waals surface area contributed by atoms with Gasteiger partial charge >= 0.3 is 5.97 Å². The number of esters is 1. The van der Waals surface area contributed by atoms with Crippen LogP contribution in [0.4, 0.5) is 0 Å². The fourth-order valence-electron chi connectivity index (χ4n) is 2.72. The molecule has 28 heavy (non-hydrogen) atoms. The predicted octanol–water partition coefficient (Wildman–Crippen LogP) is 0.602. The van der Waals surface area contributed by atoms with E-state index in [0.717, 1.165) is 5.56 Å². The van der Waals surface area contributed by atoms with Gasteiger partial charge in [-0.15, -0.1) is 0 Å². The summed E-state index contributed by atoms with van der Waals surface area (Å²) >= 11 is 0. The molecule has 4 N–H and O–H groups in total. The van der Waals surface area contributed by atoms with Gasteiger partial charge in [0.15, 0.2) is 5.79 Å². The van der Waals surface area contributed by atoms with Gasteiger partial charge in [-0.3, -0.25) is 4.79 Å². The molecule has 1 aliphatic rings. The first-order valence-electron chi connectivity index (χ1n) is 9.66. The van der Waals surface area contributed by atoms with E-state index in [1.54, 1.807) is 0 Å². The lowest BCUT2D eigenvalue weighted by atomic mass is 10.1. The first-order valence-corrected chi connectivity index (χ1v) is 9.66. The minimum atomic E-state index is -0.613. The fourth-order valence-corrected chi connectivity index (χ4v) is 2.72. The zero-order chi connectivity index (χ0) is 20.4. The normalized spacial score (nSPS) is 19.4. The highest BCUT2D eigenvalue weighted by molar-refractivity contribution is 5.69. The lowest BCUT2D eigenvalue weighted by molar-refractivity contribution is -0.158. The summed E-state index contributed by atoms with van der Waals surface area (Å²) in [6, 6.07) is 7.45. The number of aliphatic hydroxyl groups excluding tert-OH is 1. The number of carbonyl (C=O) groups is 1. The van der Waals surface area contributed by atoms with Crippen molar-refractivity contribution in [3.63, 3.8) is 0 Å². The molecule has 1 fully saturated rings. The molecule has 0 amide bonds. The van der Waals surface area contributed by atoms with E-state index in [9.17, 15) is 9.90 Å². The summed E-state index contributed by atoms with van der Waals surface area (Å²) in [5.74, 6) is -0.204. The molecule has 0 spiro atoms. The van der Waals surface area contributed by atoms with Crippen LogP contribution in [-0.4, -0.2) is 68.5 Å². The Morgan fingerprint density at radius 1 is 1.39 bits per heavy atom. The van der Waals surface area contributed by atoms with Crippen molar-refractivity contribution in [3.05, 3.63) is 29.8 Å². The summed E-state index contributed by atoms with van der Waals surface area (Å²) in [6.45, 7) is 6.14. The van der Waals surface area contributed by atoms with Gasteiger partial charge < -0.3 is 35.1 Å². The molecule has 2 atom stereocenters. The average molecular weight is 396 g/mol. The lowest BCUT2D eigenvalue weighted by Gasteiger charge is -2.17. The van der Waals surface area contributed by atoms with Crippen molar-refractivity contribution in [1.29, 1.82) is 0 Å². The molecule has 0 saturated carbocycles. The van der Waals surface area contributed by atoms with E-state index in [-0.39, 0.29) is 25.3 Å². The number of benzene rings is 1. The number of hydrogen-bond donors (Lipinski definition) is 3. The van der Waals surface area contributed by atoms with Crippen LogP contribution in [0.1, 0.15) is 25.8 Å². The van der Waals surface area contributed by atoms with Crippen molar-refractivity contribution in [3.8, 4) is 5.75 Å². The number of aliphatic hydroxyl groups is 1. The van der Waals surface area contributed by atoms with E-state index in [4.69, 9.17) is 24.7 Å². The second kappa shape index (κ2) is 11.3. The molecule has 158 valence electrons. The molecule has 1 heterocycles. The van der Waals surface area contributed by atoms with E-state index in [2.05, 4.69) is 5.32 Å². The smallest absolute Gasteiger partial charge is 0.306 e. The topological polar surface area (TPSA) is 112 Å². The number of aryl methyl sites for hydroxylation is 1. The summed E-state index contributed by atoms with van der Waals surface area (Å²) in [5, 5.41) is 12.8. The first kappa shape index (κ1) is 22.6. The van der Waals surface area contributed by atoms with Crippen LogP contribution in [0, 0.1) is 0 Å². The van der Waals surface area contributed by atoms with Gasteiger partial charge in [-0.2, -0.15) is 0 Å². The minimum absolute atomic E-state index is 0.201. The van der Waals surface area contributed by atoms with Crippen LogP contribution in [-0.2, 0) is 25.4 Å². The zero-order valence-corrected chi connectivity index (χ0v) is 16.7. The molecule has 0 aliphatic carbocycles. The van der Waals surface area contributed by atoms with Crippen molar-refractivity contribution in [2.24, 2.45) is 5.73 Å². The Hall–Kier alpha value is -1.71. The number of ether oxygens (including phenoxy) is 4. The standard InChI is InChI=1S/C20H32N2O6/c1-20(2)27-14-18(28-20)13-26-19(24)8-5-15-3-6-17(7-4-15)25-12-16(23)11-22-10-9-21/h3-4,6-7,16,18,22-23H,5,8-14,21H2,1-2H3/t16-,18+/m0/s1. The SMILES string of the molecule is CC1(C)OC[C@@H](COC(=O)CCc2ccc(OC[C@@H](O)CNCCN)cc2)O1. The van der Waals surface area contributed by atoms with Gasteiger partial charge in [-0.05, 0) is 38.0 Å². The second-order valence-corrected chi connectivity index (χ2v) is 7.24. The molecule has 0 aromatic heterocycles. The molecule has 1 aromatic carbocycles. The fraction of sp³-hybridized carbons (Fsp3) is 0.650. The molecule has 1 saturated heterocycles.